The SMILES string of the molecule is COCc1cccc(C(=O)Nc2cccc(Cl)c2Cl)c1. The van der Waals surface area contributed by atoms with Crippen LogP contribution in [0.4, 0.5) is 5.69 Å². The Kier molecular flexibility index (Phi) is 5.01. The zero-order chi connectivity index (χ0) is 14.5. The molecule has 0 aliphatic heterocycles. The van der Waals surface area contributed by atoms with Crippen LogP contribution in [0.25, 0.3) is 0 Å². The van der Waals surface area contributed by atoms with E-state index in [1.807, 2.05) is 12.1 Å². The van der Waals surface area contributed by atoms with Crippen molar-refractivity contribution in [2.45, 2.75) is 6.61 Å². The molecule has 2 rings (SSSR count). The Bertz CT molecular complexity index is 629. The van der Waals surface area contributed by atoms with E-state index >= 15 is 0 Å². The zero-order valence-corrected chi connectivity index (χ0v) is 12.3. The summed E-state index contributed by atoms with van der Waals surface area (Å²) in [7, 11) is 1.61. The maximum Gasteiger partial charge on any atom is 0.255 e. The number of halogens is 2. The van der Waals surface area contributed by atoms with E-state index in [0.29, 0.717) is 27.9 Å². The number of hydrogen-bond donors (Lipinski definition) is 1. The molecular weight excluding hydrogens is 297 g/mol. The van der Waals surface area contributed by atoms with Gasteiger partial charge in [-0.05, 0) is 29.8 Å². The fraction of sp³-hybridized carbons (Fsp3) is 0.133. The smallest absolute Gasteiger partial charge is 0.255 e. The second-order valence-electron chi connectivity index (χ2n) is 4.19. The Hall–Kier alpha value is -1.55. The lowest BCUT2D eigenvalue weighted by molar-refractivity contribution is 0.102. The first-order valence-electron chi connectivity index (χ1n) is 5.95. The van der Waals surface area contributed by atoms with Gasteiger partial charge in [0.05, 0.1) is 22.3 Å². The zero-order valence-electron chi connectivity index (χ0n) is 10.8. The highest BCUT2D eigenvalue weighted by Crippen LogP contribution is 2.29. The van der Waals surface area contributed by atoms with Crippen molar-refractivity contribution >= 4 is 34.8 Å². The van der Waals surface area contributed by atoms with Crippen LogP contribution in [0.3, 0.4) is 0 Å². The van der Waals surface area contributed by atoms with Gasteiger partial charge in [-0.15, -0.1) is 0 Å². The van der Waals surface area contributed by atoms with Crippen LogP contribution in [0.1, 0.15) is 15.9 Å². The molecule has 0 heterocycles. The topological polar surface area (TPSA) is 38.3 Å². The number of nitrogens with one attached hydrogen (secondary N) is 1. The minimum absolute atomic E-state index is 0.243. The van der Waals surface area contributed by atoms with E-state index in [1.54, 1.807) is 37.4 Å². The molecule has 2 aromatic carbocycles. The fourth-order valence-electron chi connectivity index (χ4n) is 1.76. The molecule has 0 saturated heterocycles. The molecule has 0 aromatic heterocycles. The van der Waals surface area contributed by atoms with Crippen molar-refractivity contribution in [1.29, 1.82) is 0 Å². The third-order valence-electron chi connectivity index (χ3n) is 2.70. The van der Waals surface area contributed by atoms with Crippen LogP contribution in [0.5, 0.6) is 0 Å². The molecule has 0 aliphatic rings. The van der Waals surface area contributed by atoms with Gasteiger partial charge < -0.3 is 10.1 Å². The summed E-state index contributed by atoms with van der Waals surface area (Å²) in [5, 5.41) is 3.47. The number of methoxy groups -OCH3 is 1. The summed E-state index contributed by atoms with van der Waals surface area (Å²) in [5.41, 5.74) is 1.95. The van der Waals surface area contributed by atoms with Gasteiger partial charge in [-0.25, -0.2) is 0 Å². The maximum absolute atomic E-state index is 12.2. The Balaban J connectivity index is 2.19. The fourth-order valence-corrected chi connectivity index (χ4v) is 2.11. The lowest BCUT2D eigenvalue weighted by atomic mass is 10.1. The minimum Gasteiger partial charge on any atom is -0.380 e. The van der Waals surface area contributed by atoms with E-state index in [0.717, 1.165) is 5.56 Å². The van der Waals surface area contributed by atoms with Gasteiger partial charge in [-0.3, -0.25) is 4.79 Å². The second kappa shape index (κ2) is 6.75. The van der Waals surface area contributed by atoms with Crippen molar-refractivity contribution in [2.75, 3.05) is 12.4 Å². The average Bonchev–Trinajstić information content (AvgIpc) is 2.44. The summed E-state index contributed by atoms with van der Waals surface area (Å²) in [5.74, 6) is -0.243. The van der Waals surface area contributed by atoms with Gasteiger partial charge in [0.1, 0.15) is 0 Å². The molecular formula is C15H13Cl2NO2. The lowest BCUT2D eigenvalue weighted by Crippen LogP contribution is -2.12. The van der Waals surface area contributed by atoms with Gasteiger partial charge >= 0.3 is 0 Å². The normalized spacial score (nSPS) is 10.3. The molecule has 5 heteroatoms. The predicted octanol–water partition coefficient (Wildman–Crippen LogP) is 4.39. The quantitative estimate of drug-likeness (QED) is 0.909. The van der Waals surface area contributed by atoms with E-state index in [9.17, 15) is 4.79 Å². The van der Waals surface area contributed by atoms with E-state index in [1.165, 1.54) is 0 Å². The largest absolute Gasteiger partial charge is 0.380 e. The molecule has 1 amide bonds. The number of benzene rings is 2. The van der Waals surface area contributed by atoms with Gasteiger partial charge in [0, 0.05) is 12.7 Å². The van der Waals surface area contributed by atoms with Crippen LogP contribution in [-0.4, -0.2) is 13.0 Å². The molecule has 0 aliphatic carbocycles. The molecule has 2 aromatic rings. The lowest BCUT2D eigenvalue weighted by Gasteiger charge is -2.09. The highest BCUT2D eigenvalue weighted by Gasteiger charge is 2.10. The molecule has 1 N–H and O–H groups in total. The number of anilines is 1. The first-order chi connectivity index (χ1) is 9.61. The Morgan fingerprint density at radius 1 is 1.20 bits per heavy atom. The number of amides is 1. The summed E-state index contributed by atoms with van der Waals surface area (Å²) >= 11 is 11.9. The van der Waals surface area contributed by atoms with Crippen molar-refractivity contribution in [1.82, 2.24) is 0 Å². The van der Waals surface area contributed by atoms with Gasteiger partial charge in [0.2, 0.25) is 0 Å². The van der Waals surface area contributed by atoms with Crippen LogP contribution >= 0.6 is 23.2 Å². The first-order valence-corrected chi connectivity index (χ1v) is 6.70. The molecule has 0 radical (unpaired) electrons. The highest BCUT2D eigenvalue weighted by atomic mass is 35.5. The Morgan fingerprint density at radius 2 is 1.95 bits per heavy atom. The van der Waals surface area contributed by atoms with Crippen molar-refractivity contribution < 1.29 is 9.53 Å². The third-order valence-corrected chi connectivity index (χ3v) is 3.52. The number of carbonyl (C=O) groups is 1. The molecule has 0 spiro atoms. The van der Waals surface area contributed by atoms with E-state index < -0.39 is 0 Å². The van der Waals surface area contributed by atoms with E-state index in [2.05, 4.69) is 5.32 Å². The van der Waals surface area contributed by atoms with Crippen LogP contribution in [0.15, 0.2) is 42.5 Å². The minimum atomic E-state index is -0.243. The summed E-state index contributed by atoms with van der Waals surface area (Å²) in [6.07, 6.45) is 0. The van der Waals surface area contributed by atoms with Gasteiger partial charge in [-0.1, -0.05) is 41.4 Å². The monoisotopic (exact) mass is 309 g/mol. The van der Waals surface area contributed by atoms with E-state index in [4.69, 9.17) is 27.9 Å². The molecule has 0 bridgehead atoms. The Morgan fingerprint density at radius 3 is 2.70 bits per heavy atom. The summed E-state index contributed by atoms with van der Waals surface area (Å²) in [4.78, 5) is 12.2. The van der Waals surface area contributed by atoms with E-state index in [-0.39, 0.29) is 5.91 Å². The van der Waals surface area contributed by atoms with Gasteiger partial charge in [0.25, 0.3) is 5.91 Å². The average molecular weight is 310 g/mol. The number of ether oxygens (including phenoxy) is 1. The number of hydrogen-bond acceptors (Lipinski definition) is 2. The standard InChI is InChI=1S/C15H13Cl2NO2/c1-20-9-10-4-2-5-11(8-10)15(19)18-13-7-3-6-12(16)14(13)17/h2-8H,9H2,1H3,(H,18,19). The van der Waals surface area contributed by atoms with Crippen LogP contribution in [-0.2, 0) is 11.3 Å². The summed E-state index contributed by atoms with van der Waals surface area (Å²) < 4.78 is 5.05. The molecule has 0 fully saturated rings. The summed E-state index contributed by atoms with van der Waals surface area (Å²) in [6.45, 7) is 0.457. The number of carbonyl (C=O) groups excluding carboxylic acids is 1. The van der Waals surface area contributed by atoms with Crippen LogP contribution in [0.2, 0.25) is 10.0 Å². The molecule has 0 atom stereocenters. The van der Waals surface area contributed by atoms with Gasteiger partial charge in [-0.2, -0.15) is 0 Å². The number of rotatable bonds is 4. The Labute approximate surface area is 127 Å². The molecule has 3 nitrogen and oxygen atoms in total. The predicted molar refractivity (Wildman–Crippen MR) is 81.6 cm³/mol. The van der Waals surface area contributed by atoms with Crippen molar-refractivity contribution in [3.05, 3.63) is 63.6 Å². The highest BCUT2D eigenvalue weighted by molar-refractivity contribution is 6.44. The third kappa shape index (κ3) is 3.51. The second-order valence-corrected chi connectivity index (χ2v) is 4.97. The molecule has 0 saturated carbocycles. The van der Waals surface area contributed by atoms with Crippen LogP contribution < -0.4 is 5.32 Å². The molecule has 104 valence electrons. The first kappa shape index (κ1) is 14.9. The maximum atomic E-state index is 12.2. The molecule has 0 unspecified atom stereocenters. The molecule has 20 heavy (non-hydrogen) atoms. The van der Waals surface area contributed by atoms with Crippen LogP contribution in [0, 0.1) is 0 Å². The van der Waals surface area contributed by atoms with Crippen molar-refractivity contribution in [2.24, 2.45) is 0 Å². The van der Waals surface area contributed by atoms with Crippen molar-refractivity contribution in [3.63, 3.8) is 0 Å². The van der Waals surface area contributed by atoms with Crippen molar-refractivity contribution in [3.8, 4) is 0 Å². The summed E-state index contributed by atoms with van der Waals surface area (Å²) in [6, 6.07) is 12.3. The van der Waals surface area contributed by atoms with Gasteiger partial charge in [0.15, 0.2) is 0 Å².